The summed E-state index contributed by atoms with van der Waals surface area (Å²) < 4.78 is 1.76. The molecule has 0 bridgehead atoms. The molecule has 88 valence electrons. The van der Waals surface area contributed by atoms with Gasteiger partial charge in [0.2, 0.25) is 0 Å². The van der Waals surface area contributed by atoms with E-state index in [0.29, 0.717) is 18.2 Å². The molecule has 7 heteroatoms. The Bertz CT molecular complexity index is 517. The summed E-state index contributed by atoms with van der Waals surface area (Å²) in [7, 11) is 0. The quantitative estimate of drug-likeness (QED) is 0.789. The predicted octanol–water partition coefficient (Wildman–Crippen LogP) is 0.304. The number of carbonyl (C=O) groups excluding carboxylic acids is 1. The van der Waals surface area contributed by atoms with Crippen LogP contribution in [0.15, 0.2) is 17.9 Å². The van der Waals surface area contributed by atoms with Crippen molar-refractivity contribution in [2.45, 2.75) is 12.5 Å². The largest absolute Gasteiger partial charge is 0.312 e. The standard InChI is InChI=1S/C10H11N5OS/c16-10(1-8-4-12-6-17-8)9-5-15(14-13-9)7-2-11-3-7/h4-7,11H,1-3H2. The first kappa shape index (κ1) is 10.5. The molecule has 0 saturated carbocycles. The lowest BCUT2D eigenvalue weighted by molar-refractivity contribution is 0.0989. The molecule has 2 aromatic rings. The maximum absolute atomic E-state index is 11.9. The number of ketones is 1. The fourth-order valence-corrected chi connectivity index (χ4v) is 2.21. The first-order chi connectivity index (χ1) is 8.33. The van der Waals surface area contributed by atoms with E-state index in [-0.39, 0.29) is 5.78 Å². The third-order valence-corrected chi connectivity index (χ3v) is 3.53. The summed E-state index contributed by atoms with van der Waals surface area (Å²) in [6, 6.07) is 0.340. The minimum absolute atomic E-state index is 0.00668. The molecular formula is C10H11N5OS. The van der Waals surface area contributed by atoms with Gasteiger partial charge in [-0.25, -0.2) is 4.68 Å². The summed E-state index contributed by atoms with van der Waals surface area (Å²) in [4.78, 5) is 16.8. The van der Waals surface area contributed by atoms with Gasteiger partial charge in [-0.3, -0.25) is 9.78 Å². The first-order valence-electron chi connectivity index (χ1n) is 5.36. The SMILES string of the molecule is O=C(Cc1cncs1)c1cn(C2CNC2)nn1. The molecule has 1 fully saturated rings. The van der Waals surface area contributed by atoms with Crippen LogP contribution in [0.25, 0.3) is 0 Å². The number of hydrogen-bond donors (Lipinski definition) is 1. The molecule has 1 N–H and O–H groups in total. The van der Waals surface area contributed by atoms with Gasteiger partial charge >= 0.3 is 0 Å². The zero-order valence-electron chi connectivity index (χ0n) is 9.04. The third-order valence-electron chi connectivity index (χ3n) is 2.75. The Labute approximate surface area is 102 Å². The third kappa shape index (κ3) is 2.11. The van der Waals surface area contributed by atoms with Crippen LogP contribution >= 0.6 is 11.3 Å². The van der Waals surface area contributed by atoms with Crippen molar-refractivity contribution >= 4 is 17.1 Å². The average Bonchev–Trinajstić information content (AvgIpc) is 2.85. The zero-order valence-corrected chi connectivity index (χ0v) is 9.85. The number of nitrogens with zero attached hydrogens (tertiary/aromatic N) is 4. The second-order valence-electron chi connectivity index (χ2n) is 3.96. The molecule has 1 saturated heterocycles. The molecule has 17 heavy (non-hydrogen) atoms. The summed E-state index contributed by atoms with van der Waals surface area (Å²) in [5, 5.41) is 11.1. The van der Waals surface area contributed by atoms with Crippen molar-refractivity contribution in [1.29, 1.82) is 0 Å². The molecule has 0 spiro atoms. The van der Waals surface area contributed by atoms with E-state index in [0.717, 1.165) is 18.0 Å². The average molecular weight is 249 g/mol. The number of Topliss-reactive ketones (excluding diaryl/α,β-unsaturated/α-hetero) is 1. The Morgan fingerprint density at radius 3 is 3.12 bits per heavy atom. The molecule has 1 aliphatic heterocycles. The number of rotatable bonds is 4. The van der Waals surface area contributed by atoms with Crippen LogP contribution in [0.1, 0.15) is 21.4 Å². The number of aromatic nitrogens is 4. The maximum Gasteiger partial charge on any atom is 0.189 e. The lowest BCUT2D eigenvalue weighted by atomic mass is 10.2. The second-order valence-corrected chi connectivity index (χ2v) is 4.93. The minimum Gasteiger partial charge on any atom is -0.312 e. The number of carbonyl (C=O) groups is 1. The molecule has 0 aliphatic carbocycles. The fraction of sp³-hybridized carbons (Fsp3) is 0.400. The molecule has 0 aromatic carbocycles. The molecule has 2 aromatic heterocycles. The Balaban J connectivity index is 1.70. The van der Waals surface area contributed by atoms with Crippen LogP contribution in [0.4, 0.5) is 0 Å². The molecular weight excluding hydrogens is 238 g/mol. The molecule has 0 radical (unpaired) electrons. The second kappa shape index (κ2) is 4.34. The number of thiazole rings is 1. The van der Waals surface area contributed by atoms with Gasteiger partial charge in [-0.15, -0.1) is 16.4 Å². The van der Waals surface area contributed by atoms with Crippen LogP contribution in [0.5, 0.6) is 0 Å². The molecule has 1 aliphatic rings. The Kier molecular flexibility index (Phi) is 2.69. The van der Waals surface area contributed by atoms with Gasteiger partial charge in [0, 0.05) is 30.6 Å². The summed E-state index contributed by atoms with van der Waals surface area (Å²) in [6.07, 6.45) is 3.80. The van der Waals surface area contributed by atoms with Crippen molar-refractivity contribution in [1.82, 2.24) is 25.3 Å². The van der Waals surface area contributed by atoms with E-state index in [4.69, 9.17) is 0 Å². The summed E-state index contributed by atoms with van der Waals surface area (Å²) >= 11 is 1.48. The van der Waals surface area contributed by atoms with Crippen molar-refractivity contribution in [3.05, 3.63) is 28.5 Å². The number of hydrogen-bond acceptors (Lipinski definition) is 6. The van der Waals surface area contributed by atoms with Crippen LogP contribution in [-0.4, -0.2) is 38.9 Å². The highest BCUT2D eigenvalue weighted by molar-refractivity contribution is 7.09. The van der Waals surface area contributed by atoms with Crippen molar-refractivity contribution in [2.24, 2.45) is 0 Å². The van der Waals surface area contributed by atoms with E-state index in [1.165, 1.54) is 11.3 Å². The summed E-state index contributed by atoms with van der Waals surface area (Å²) in [6.45, 7) is 1.79. The van der Waals surface area contributed by atoms with Crippen molar-refractivity contribution in [3.8, 4) is 0 Å². The molecule has 3 heterocycles. The maximum atomic E-state index is 11.9. The van der Waals surface area contributed by atoms with E-state index in [1.54, 1.807) is 22.6 Å². The number of nitrogens with one attached hydrogen (secondary N) is 1. The van der Waals surface area contributed by atoms with Gasteiger partial charge in [0.15, 0.2) is 5.78 Å². The lowest BCUT2D eigenvalue weighted by Crippen LogP contribution is -2.43. The molecule has 3 rings (SSSR count). The summed E-state index contributed by atoms with van der Waals surface area (Å²) in [5.74, 6) is -0.00668. The van der Waals surface area contributed by atoms with Crippen LogP contribution < -0.4 is 5.32 Å². The monoisotopic (exact) mass is 249 g/mol. The van der Waals surface area contributed by atoms with Crippen LogP contribution in [0.3, 0.4) is 0 Å². The summed E-state index contributed by atoms with van der Waals surface area (Å²) in [5.41, 5.74) is 2.16. The van der Waals surface area contributed by atoms with Crippen LogP contribution in [-0.2, 0) is 6.42 Å². The predicted molar refractivity (Wildman–Crippen MR) is 62.1 cm³/mol. The van der Waals surface area contributed by atoms with E-state index in [9.17, 15) is 4.79 Å². The van der Waals surface area contributed by atoms with E-state index in [1.807, 2.05) is 0 Å². The van der Waals surface area contributed by atoms with Gasteiger partial charge in [-0.2, -0.15) is 0 Å². The van der Waals surface area contributed by atoms with Gasteiger partial charge in [-0.05, 0) is 0 Å². The molecule has 0 atom stereocenters. The van der Waals surface area contributed by atoms with E-state index >= 15 is 0 Å². The van der Waals surface area contributed by atoms with E-state index < -0.39 is 0 Å². The van der Waals surface area contributed by atoms with Gasteiger partial charge in [-0.1, -0.05) is 5.21 Å². The smallest absolute Gasteiger partial charge is 0.189 e. The van der Waals surface area contributed by atoms with Crippen molar-refractivity contribution in [2.75, 3.05) is 13.1 Å². The lowest BCUT2D eigenvalue weighted by Gasteiger charge is -2.26. The highest BCUT2D eigenvalue weighted by atomic mass is 32.1. The molecule has 0 unspecified atom stereocenters. The first-order valence-corrected chi connectivity index (χ1v) is 6.24. The molecule has 6 nitrogen and oxygen atoms in total. The van der Waals surface area contributed by atoms with Crippen LogP contribution in [0.2, 0.25) is 0 Å². The highest BCUT2D eigenvalue weighted by Crippen LogP contribution is 2.12. The zero-order chi connectivity index (χ0) is 11.7. The Morgan fingerprint density at radius 1 is 1.59 bits per heavy atom. The fourth-order valence-electron chi connectivity index (χ4n) is 1.62. The topological polar surface area (TPSA) is 72.7 Å². The van der Waals surface area contributed by atoms with Gasteiger partial charge in [0.05, 0.1) is 17.7 Å². The van der Waals surface area contributed by atoms with Gasteiger partial charge in [0.25, 0.3) is 0 Å². The Morgan fingerprint density at radius 2 is 2.47 bits per heavy atom. The van der Waals surface area contributed by atoms with Gasteiger partial charge < -0.3 is 5.32 Å². The van der Waals surface area contributed by atoms with Gasteiger partial charge in [0.1, 0.15) is 5.69 Å². The van der Waals surface area contributed by atoms with Crippen molar-refractivity contribution in [3.63, 3.8) is 0 Å². The highest BCUT2D eigenvalue weighted by Gasteiger charge is 2.21. The normalized spacial score (nSPS) is 15.8. The van der Waals surface area contributed by atoms with Crippen LogP contribution in [0, 0.1) is 0 Å². The minimum atomic E-state index is -0.00668. The van der Waals surface area contributed by atoms with E-state index in [2.05, 4.69) is 20.6 Å². The van der Waals surface area contributed by atoms with Crippen molar-refractivity contribution < 1.29 is 4.79 Å². The molecule has 0 amide bonds. The Hall–Kier alpha value is -1.60.